The molecule has 8 fully saturated rings. The Hall–Kier alpha value is -2.84. The molecule has 12 rings (SSSR count). The maximum atomic E-state index is 12.0. The van der Waals surface area contributed by atoms with Gasteiger partial charge in [0.25, 0.3) is 0 Å². The number of allylic oxidation sites excluding steroid dienone is 14. The molecule has 0 aromatic rings. The lowest BCUT2D eigenvalue weighted by molar-refractivity contribution is -0.124. The highest BCUT2D eigenvalue weighted by Crippen LogP contribution is 2.58. The van der Waals surface area contributed by atoms with Crippen LogP contribution in [0.5, 0.6) is 0 Å². The predicted molar refractivity (Wildman–Crippen MR) is 233 cm³/mol. The van der Waals surface area contributed by atoms with Gasteiger partial charge < -0.3 is 0 Å². The van der Waals surface area contributed by atoms with Crippen molar-refractivity contribution >= 4 is 66.6 Å². The lowest BCUT2D eigenvalue weighted by Crippen LogP contribution is -2.44. The zero-order valence-electron chi connectivity index (χ0n) is 33.8. The van der Waals surface area contributed by atoms with Crippen molar-refractivity contribution < 1.29 is 28.8 Å². The number of carbonyl (C=O) groups excluding carboxylic acids is 6. The van der Waals surface area contributed by atoms with Crippen LogP contribution in [0.25, 0.3) is 0 Å². The van der Waals surface area contributed by atoms with Crippen LogP contribution in [0, 0.1) is 88.8 Å². The van der Waals surface area contributed by atoms with E-state index in [1.807, 2.05) is 12.2 Å². The topological polar surface area (TPSA) is 102 Å². The largest absolute Gasteiger partial charge is 0.299 e. The number of alkyl halides is 2. The van der Waals surface area contributed by atoms with Crippen LogP contribution >= 0.6 is 31.9 Å². The quantitative estimate of drug-likeness (QED) is 0.224. The zero-order chi connectivity index (χ0) is 40.7. The molecule has 8 heteroatoms. The van der Waals surface area contributed by atoms with Gasteiger partial charge in [-0.2, -0.15) is 0 Å². The SMILES string of the molecule is O=C1C=CC2C(=C1)C(Br)CC1C2CCC2C(=O)CCC21.O=C1C=CC2C(=C1)C(Br)CC1C2CCC2C(=O)CCC21.O=C1C=CC2C(=C1)C=CC1C2CCC2C(=O)CCC21. The third-order valence-corrected chi connectivity index (χ3v) is 19.5. The van der Waals surface area contributed by atoms with E-state index in [9.17, 15) is 28.8 Å². The first kappa shape index (κ1) is 40.2. The molecule has 12 aliphatic carbocycles. The van der Waals surface area contributed by atoms with Gasteiger partial charge in [0.15, 0.2) is 17.3 Å². The molecule has 17 atom stereocenters. The van der Waals surface area contributed by atoms with E-state index in [0.29, 0.717) is 116 Å². The van der Waals surface area contributed by atoms with Gasteiger partial charge in [-0.1, -0.05) is 62.2 Å². The van der Waals surface area contributed by atoms with Crippen LogP contribution in [-0.2, 0) is 28.8 Å². The van der Waals surface area contributed by atoms with Crippen molar-refractivity contribution in [2.45, 2.75) is 99.5 Å². The predicted octanol–water partition coefficient (Wildman–Crippen LogP) is 9.77. The van der Waals surface area contributed by atoms with Gasteiger partial charge in [0.1, 0.15) is 17.3 Å². The number of Topliss-reactive ketones (excluding diaryl/α,β-unsaturated/α-hetero) is 3. The normalized spacial score (nSPS) is 45.6. The maximum Gasteiger partial charge on any atom is 0.178 e. The van der Waals surface area contributed by atoms with Crippen molar-refractivity contribution in [2.75, 3.05) is 0 Å². The molecule has 17 unspecified atom stereocenters. The highest BCUT2D eigenvalue weighted by atomic mass is 79.9. The van der Waals surface area contributed by atoms with E-state index in [1.165, 1.54) is 16.7 Å². The van der Waals surface area contributed by atoms with Gasteiger partial charge in [0.05, 0.1) is 0 Å². The summed E-state index contributed by atoms with van der Waals surface area (Å²) in [6.07, 6.45) is 35.9. The minimum Gasteiger partial charge on any atom is -0.299 e. The van der Waals surface area contributed by atoms with Gasteiger partial charge >= 0.3 is 0 Å². The van der Waals surface area contributed by atoms with Gasteiger partial charge in [-0.15, -0.1) is 0 Å². The lowest BCUT2D eigenvalue weighted by Gasteiger charge is -2.49. The van der Waals surface area contributed by atoms with Gasteiger partial charge in [0.2, 0.25) is 0 Å². The molecule has 59 heavy (non-hydrogen) atoms. The molecule has 0 aromatic carbocycles. The summed E-state index contributed by atoms with van der Waals surface area (Å²) in [5.41, 5.74) is 3.74. The number of hydrogen-bond acceptors (Lipinski definition) is 6. The zero-order valence-corrected chi connectivity index (χ0v) is 36.9. The molecular weight excluding hydrogens is 868 g/mol. The molecule has 6 nitrogen and oxygen atoms in total. The van der Waals surface area contributed by atoms with Crippen molar-refractivity contribution in [3.8, 4) is 0 Å². The van der Waals surface area contributed by atoms with Crippen LogP contribution in [-0.4, -0.2) is 44.4 Å². The number of fused-ring (bicyclic) bond motifs is 15. The fourth-order valence-corrected chi connectivity index (χ4v) is 16.9. The Morgan fingerprint density at radius 2 is 0.814 bits per heavy atom. The Labute approximate surface area is 365 Å². The minimum atomic E-state index is 0.110. The number of carbonyl (C=O) groups is 6. The second-order valence-corrected chi connectivity index (χ2v) is 22.2. The fourth-order valence-electron chi connectivity index (χ4n) is 15.2. The van der Waals surface area contributed by atoms with E-state index in [0.717, 1.165) is 89.9 Å². The first-order valence-electron chi connectivity index (χ1n) is 22.9. The molecule has 0 bridgehead atoms. The second kappa shape index (κ2) is 16.1. The van der Waals surface area contributed by atoms with Gasteiger partial charge in [0, 0.05) is 64.4 Å². The fraction of sp³-hybridized carbons (Fsp3) is 0.608. The summed E-state index contributed by atoms with van der Waals surface area (Å²) in [6, 6.07) is 0. The van der Waals surface area contributed by atoms with E-state index in [1.54, 1.807) is 24.3 Å². The van der Waals surface area contributed by atoms with E-state index < -0.39 is 0 Å². The highest BCUT2D eigenvalue weighted by Gasteiger charge is 2.53. The van der Waals surface area contributed by atoms with Gasteiger partial charge in [-0.05, 0) is 177 Å². The number of rotatable bonds is 0. The molecule has 0 aliphatic heterocycles. The maximum absolute atomic E-state index is 12.0. The molecule has 0 heterocycles. The molecule has 8 saturated carbocycles. The van der Waals surface area contributed by atoms with Crippen LogP contribution in [0.4, 0.5) is 0 Å². The molecule has 0 aromatic heterocycles. The van der Waals surface area contributed by atoms with Crippen LogP contribution in [0.3, 0.4) is 0 Å². The van der Waals surface area contributed by atoms with Crippen molar-refractivity contribution in [2.24, 2.45) is 88.8 Å². The van der Waals surface area contributed by atoms with Crippen LogP contribution < -0.4 is 0 Å². The van der Waals surface area contributed by atoms with Crippen LogP contribution in [0.15, 0.2) is 83.6 Å². The summed E-state index contributed by atoms with van der Waals surface area (Å²) >= 11 is 7.58. The number of ketones is 6. The molecule has 12 aliphatic rings. The van der Waals surface area contributed by atoms with Crippen molar-refractivity contribution in [1.82, 2.24) is 0 Å². The van der Waals surface area contributed by atoms with E-state index in [2.05, 4.69) is 62.2 Å². The summed E-state index contributed by atoms with van der Waals surface area (Å²) in [5, 5.41) is 0. The van der Waals surface area contributed by atoms with E-state index in [4.69, 9.17) is 0 Å². The summed E-state index contributed by atoms with van der Waals surface area (Å²) in [5.74, 6) is 9.68. The van der Waals surface area contributed by atoms with Crippen LogP contribution in [0.2, 0.25) is 0 Å². The first-order valence-corrected chi connectivity index (χ1v) is 24.7. The van der Waals surface area contributed by atoms with Gasteiger partial charge in [-0.25, -0.2) is 0 Å². The van der Waals surface area contributed by atoms with Crippen molar-refractivity contribution in [1.29, 1.82) is 0 Å². The van der Waals surface area contributed by atoms with Crippen molar-refractivity contribution in [3.63, 3.8) is 0 Å². The Morgan fingerprint density at radius 3 is 1.32 bits per heavy atom. The Bertz CT molecular complexity index is 1970. The highest BCUT2D eigenvalue weighted by molar-refractivity contribution is 9.09. The molecule has 0 saturated heterocycles. The molecule has 0 N–H and O–H groups in total. The third kappa shape index (κ3) is 7.20. The smallest absolute Gasteiger partial charge is 0.178 e. The Balaban J connectivity index is 0.000000107. The minimum absolute atomic E-state index is 0.110. The Morgan fingerprint density at radius 1 is 0.390 bits per heavy atom. The standard InChI is InChI=1S/2C17H19BrO2.C17H18O2/c2*18-16-8-14-10(11-2-1-9(19)7-15(11)16)3-4-13-12(14)5-6-17(13)20;18-11-2-4-12-10(9-11)1-3-14-13(12)5-6-16-15(14)7-8-17(16)19/h2*1-2,7,10-14,16H,3-6,8H2;1-4,9,12-16H,5-8H2. The molecular formula is C51H56Br2O6. The third-order valence-electron chi connectivity index (χ3n) is 17.6. The average Bonchev–Trinajstić information content (AvgIpc) is 3.94. The molecule has 310 valence electrons. The average molecular weight is 925 g/mol. The molecule has 0 amide bonds. The van der Waals surface area contributed by atoms with E-state index in [-0.39, 0.29) is 17.3 Å². The first-order chi connectivity index (χ1) is 28.5. The summed E-state index contributed by atoms with van der Waals surface area (Å²) in [4.78, 5) is 71.3. The molecule has 0 spiro atoms. The van der Waals surface area contributed by atoms with Crippen LogP contribution in [0.1, 0.15) is 89.9 Å². The second-order valence-electron chi connectivity index (χ2n) is 20.0. The lowest BCUT2D eigenvalue weighted by atomic mass is 9.57. The summed E-state index contributed by atoms with van der Waals surface area (Å²) in [6.45, 7) is 0. The Kier molecular flexibility index (Phi) is 11.0. The van der Waals surface area contributed by atoms with E-state index >= 15 is 0 Å². The van der Waals surface area contributed by atoms with Crippen molar-refractivity contribution in [3.05, 3.63) is 83.6 Å². The number of hydrogen-bond donors (Lipinski definition) is 0. The molecule has 0 radical (unpaired) electrons. The monoisotopic (exact) mass is 922 g/mol. The summed E-state index contributed by atoms with van der Waals surface area (Å²) in [7, 11) is 0. The number of halogens is 2. The summed E-state index contributed by atoms with van der Waals surface area (Å²) < 4.78 is 0. The van der Waals surface area contributed by atoms with Gasteiger partial charge in [-0.3, -0.25) is 28.8 Å².